The molecule has 1 heterocycles. The van der Waals surface area contributed by atoms with Crippen molar-refractivity contribution in [2.75, 3.05) is 38.2 Å². The third-order valence-electron chi connectivity index (χ3n) is 3.53. The molecule has 0 aromatic heterocycles. The number of hydrogen-bond donors (Lipinski definition) is 3. The summed E-state index contributed by atoms with van der Waals surface area (Å²) in [4.78, 5) is 25.7. The van der Waals surface area contributed by atoms with Gasteiger partial charge in [0.2, 0.25) is 0 Å². The van der Waals surface area contributed by atoms with E-state index < -0.39 is 6.10 Å². The number of hydrogen-bond acceptors (Lipinski definition) is 4. The van der Waals surface area contributed by atoms with Crippen LogP contribution in [0.2, 0.25) is 5.02 Å². The van der Waals surface area contributed by atoms with Crippen LogP contribution < -0.4 is 10.6 Å². The van der Waals surface area contributed by atoms with Gasteiger partial charge in [0, 0.05) is 18.8 Å². The number of aliphatic hydroxyl groups excluding tert-OH is 1. The van der Waals surface area contributed by atoms with Crippen molar-refractivity contribution in [1.82, 2.24) is 10.2 Å². The second-order valence-corrected chi connectivity index (χ2v) is 5.96. The van der Waals surface area contributed by atoms with E-state index in [2.05, 4.69) is 10.6 Å². The molecule has 3 amide bonds. The minimum Gasteiger partial charge on any atom is -0.389 e. The van der Waals surface area contributed by atoms with Crippen molar-refractivity contribution in [3.8, 4) is 0 Å². The van der Waals surface area contributed by atoms with Crippen molar-refractivity contribution < 1.29 is 19.4 Å². The van der Waals surface area contributed by atoms with Gasteiger partial charge in [-0.25, -0.2) is 4.79 Å². The Bertz CT molecular complexity index is 597. The van der Waals surface area contributed by atoms with E-state index in [0.717, 1.165) is 6.42 Å². The Morgan fingerprint density at radius 2 is 2.25 bits per heavy atom. The summed E-state index contributed by atoms with van der Waals surface area (Å²) in [5, 5.41) is 15.4. The Labute approximate surface area is 145 Å². The van der Waals surface area contributed by atoms with Crippen LogP contribution in [0.3, 0.4) is 0 Å². The average Bonchev–Trinajstić information content (AvgIpc) is 2.77. The number of nitrogens with one attached hydrogen (secondary N) is 2. The molecule has 1 fully saturated rings. The molecule has 0 unspecified atom stereocenters. The molecule has 24 heavy (non-hydrogen) atoms. The second-order valence-electron chi connectivity index (χ2n) is 5.56. The van der Waals surface area contributed by atoms with Crippen molar-refractivity contribution in [3.05, 3.63) is 28.8 Å². The first-order valence-corrected chi connectivity index (χ1v) is 8.28. The Kier molecular flexibility index (Phi) is 6.84. The topological polar surface area (TPSA) is 90.9 Å². The predicted molar refractivity (Wildman–Crippen MR) is 91.5 cm³/mol. The molecule has 0 spiro atoms. The Morgan fingerprint density at radius 1 is 1.46 bits per heavy atom. The summed E-state index contributed by atoms with van der Waals surface area (Å²) < 4.78 is 5.19. The highest BCUT2D eigenvalue weighted by Gasteiger charge is 2.21. The number of β-amino-alcohol motifs (C(OH)–C–C–N with tert-alkyl or cyclic N) is 1. The van der Waals surface area contributed by atoms with Gasteiger partial charge < -0.3 is 25.4 Å². The molecule has 7 nitrogen and oxygen atoms in total. The average molecular weight is 356 g/mol. The number of aliphatic hydroxyl groups is 1. The molecule has 1 aliphatic heterocycles. The quantitative estimate of drug-likeness (QED) is 0.766. The first kappa shape index (κ1) is 18.5. The van der Waals surface area contributed by atoms with Gasteiger partial charge in [-0.3, -0.25) is 4.79 Å². The van der Waals surface area contributed by atoms with Crippen LogP contribution in [-0.4, -0.2) is 60.9 Å². The number of halogens is 1. The molecule has 1 saturated heterocycles. The first-order valence-electron chi connectivity index (χ1n) is 7.90. The van der Waals surface area contributed by atoms with E-state index >= 15 is 0 Å². The molecule has 1 atom stereocenters. The lowest BCUT2D eigenvalue weighted by atomic mass is 10.2. The van der Waals surface area contributed by atoms with Gasteiger partial charge in [-0.15, -0.1) is 0 Å². The Hall–Kier alpha value is -1.83. The number of urea groups is 1. The summed E-state index contributed by atoms with van der Waals surface area (Å²) in [6, 6.07) is 4.38. The fraction of sp³-hybridized carbons (Fsp3) is 0.500. The van der Waals surface area contributed by atoms with Gasteiger partial charge in [0.25, 0.3) is 5.91 Å². The molecule has 3 N–H and O–H groups in total. The van der Waals surface area contributed by atoms with Crippen molar-refractivity contribution in [1.29, 1.82) is 0 Å². The lowest BCUT2D eigenvalue weighted by molar-refractivity contribution is 0.0575. The molecule has 132 valence electrons. The lowest BCUT2D eigenvalue weighted by Gasteiger charge is -2.22. The normalized spacial score (nSPS) is 18.0. The molecular weight excluding hydrogens is 334 g/mol. The molecule has 1 aromatic carbocycles. The summed E-state index contributed by atoms with van der Waals surface area (Å²) in [5.41, 5.74) is 0.846. The summed E-state index contributed by atoms with van der Waals surface area (Å²) in [6.07, 6.45) is 0.134. The van der Waals surface area contributed by atoms with Crippen molar-refractivity contribution in [2.24, 2.45) is 0 Å². The van der Waals surface area contributed by atoms with Gasteiger partial charge in [0.05, 0.1) is 36.4 Å². The highest BCUT2D eigenvalue weighted by atomic mass is 35.5. The van der Waals surface area contributed by atoms with Crippen molar-refractivity contribution >= 4 is 29.2 Å². The predicted octanol–water partition coefficient (Wildman–Crippen LogP) is 1.70. The highest BCUT2D eigenvalue weighted by Crippen LogP contribution is 2.21. The third-order valence-corrected chi connectivity index (χ3v) is 3.85. The zero-order valence-corrected chi connectivity index (χ0v) is 14.3. The molecule has 0 bridgehead atoms. The maximum atomic E-state index is 12.3. The molecule has 1 aliphatic rings. The largest absolute Gasteiger partial charge is 0.389 e. The SMILES string of the molecule is CCCNC(=O)c1ccc(NC(=O)N2CCOC[C@@H](O)C2)cc1Cl. The number of nitrogens with zero attached hydrogens (tertiary/aromatic N) is 1. The number of amides is 3. The number of benzene rings is 1. The van der Waals surface area contributed by atoms with Crippen LogP contribution in [-0.2, 0) is 4.74 Å². The maximum absolute atomic E-state index is 12.3. The van der Waals surface area contributed by atoms with Gasteiger partial charge >= 0.3 is 6.03 Å². The maximum Gasteiger partial charge on any atom is 0.322 e. The van der Waals surface area contributed by atoms with Crippen molar-refractivity contribution in [3.63, 3.8) is 0 Å². The van der Waals surface area contributed by atoms with E-state index in [9.17, 15) is 14.7 Å². The molecular formula is C16H22ClN3O4. The van der Waals surface area contributed by atoms with Crippen LogP contribution in [0.4, 0.5) is 10.5 Å². The fourth-order valence-corrected chi connectivity index (χ4v) is 2.56. The molecule has 0 aliphatic carbocycles. The summed E-state index contributed by atoms with van der Waals surface area (Å²) in [6.45, 7) is 3.74. The second kappa shape index (κ2) is 8.86. The van der Waals surface area contributed by atoms with Gasteiger partial charge in [0.15, 0.2) is 0 Å². The summed E-state index contributed by atoms with van der Waals surface area (Å²) >= 11 is 6.14. The van der Waals surface area contributed by atoms with Crippen LogP contribution in [0.5, 0.6) is 0 Å². The van der Waals surface area contributed by atoms with E-state index in [0.29, 0.717) is 30.9 Å². The zero-order chi connectivity index (χ0) is 17.5. The number of anilines is 1. The van der Waals surface area contributed by atoms with Gasteiger partial charge in [-0.2, -0.15) is 0 Å². The first-order chi connectivity index (χ1) is 11.5. The van der Waals surface area contributed by atoms with E-state index in [4.69, 9.17) is 16.3 Å². The number of carbonyl (C=O) groups is 2. The van der Waals surface area contributed by atoms with Crippen LogP contribution in [0.25, 0.3) is 0 Å². The standard InChI is InChI=1S/C16H22ClN3O4/c1-2-5-18-15(22)13-4-3-11(8-14(13)17)19-16(23)20-6-7-24-10-12(21)9-20/h3-4,8,12,21H,2,5-7,9-10H2,1H3,(H,18,22)(H,19,23)/t12-/m0/s1. The van der Waals surface area contributed by atoms with E-state index in [1.165, 1.54) is 11.0 Å². The number of carbonyl (C=O) groups excluding carboxylic acids is 2. The van der Waals surface area contributed by atoms with Crippen LogP contribution in [0.15, 0.2) is 18.2 Å². The fourth-order valence-electron chi connectivity index (χ4n) is 2.29. The smallest absolute Gasteiger partial charge is 0.322 e. The van der Waals surface area contributed by atoms with E-state index in [1.54, 1.807) is 12.1 Å². The zero-order valence-electron chi connectivity index (χ0n) is 13.5. The van der Waals surface area contributed by atoms with Gasteiger partial charge in [-0.1, -0.05) is 18.5 Å². The molecule has 8 heteroatoms. The van der Waals surface area contributed by atoms with Crippen LogP contribution in [0, 0.1) is 0 Å². The number of ether oxygens (including phenoxy) is 1. The van der Waals surface area contributed by atoms with E-state index in [-0.39, 0.29) is 30.1 Å². The van der Waals surface area contributed by atoms with Crippen LogP contribution >= 0.6 is 11.6 Å². The molecule has 1 aromatic rings. The lowest BCUT2D eigenvalue weighted by Crippen LogP contribution is -2.40. The minimum atomic E-state index is -0.702. The molecule has 2 rings (SSSR count). The highest BCUT2D eigenvalue weighted by molar-refractivity contribution is 6.34. The van der Waals surface area contributed by atoms with Crippen molar-refractivity contribution in [2.45, 2.75) is 19.4 Å². The minimum absolute atomic E-state index is 0.205. The molecule has 0 saturated carbocycles. The van der Waals surface area contributed by atoms with Gasteiger partial charge in [0.1, 0.15) is 0 Å². The third kappa shape index (κ3) is 5.09. The Balaban J connectivity index is 2.00. The number of rotatable bonds is 4. The molecule has 0 radical (unpaired) electrons. The van der Waals surface area contributed by atoms with Gasteiger partial charge in [-0.05, 0) is 24.6 Å². The summed E-state index contributed by atoms with van der Waals surface area (Å²) in [5.74, 6) is -0.243. The monoisotopic (exact) mass is 355 g/mol. The summed E-state index contributed by atoms with van der Waals surface area (Å²) in [7, 11) is 0. The Morgan fingerprint density at radius 3 is 2.96 bits per heavy atom. The van der Waals surface area contributed by atoms with E-state index in [1.807, 2.05) is 6.92 Å². The van der Waals surface area contributed by atoms with Crippen LogP contribution in [0.1, 0.15) is 23.7 Å².